The van der Waals surface area contributed by atoms with Gasteiger partial charge in [-0.25, -0.2) is 0 Å². The normalized spacial score (nSPS) is 12.4. The summed E-state index contributed by atoms with van der Waals surface area (Å²) in [6.07, 6.45) is 1.94. The Hall–Kier alpha value is -1.03. The SMILES string of the molecule is CNC(CSc1ccc(Cl)cc1)c1ccc(C)nc1. The second kappa shape index (κ2) is 6.94. The highest BCUT2D eigenvalue weighted by atomic mass is 35.5. The highest BCUT2D eigenvalue weighted by molar-refractivity contribution is 7.99. The third kappa shape index (κ3) is 4.23. The summed E-state index contributed by atoms with van der Waals surface area (Å²) < 4.78 is 0. The number of hydrogen-bond acceptors (Lipinski definition) is 3. The van der Waals surface area contributed by atoms with E-state index in [0.29, 0.717) is 6.04 Å². The maximum Gasteiger partial charge on any atom is 0.0428 e. The molecular formula is C15H17ClN2S. The Morgan fingerprint density at radius 2 is 1.95 bits per heavy atom. The Morgan fingerprint density at radius 3 is 2.53 bits per heavy atom. The number of benzene rings is 1. The number of nitrogens with one attached hydrogen (secondary N) is 1. The molecular weight excluding hydrogens is 276 g/mol. The summed E-state index contributed by atoms with van der Waals surface area (Å²) in [5, 5.41) is 4.11. The van der Waals surface area contributed by atoms with Crippen LogP contribution in [0, 0.1) is 6.92 Å². The van der Waals surface area contributed by atoms with Gasteiger partial charge < -0.3 is 5.32 Å². The van der Waals surface area contributed by atoms with Gasteiger partial charge in [-0.15, -0.1) is 11.8 Å². The summed E-state index contributed by atoms with van der Waals surface area (Å²) in [4.78, 5) is 5.57. The number of nitrogens with zero attached hydrogens (tertiary/aromatic N) is 1. The minimum absolute atomic E-state index is 0.300. The number of aromatic nitrogens is 1. The van der Waals surface area contributed by atoms with Gasteiger partial charge in [0.25, 0.3) is 0 Å². The van der Waals surface area contributed by atoms with Gasteiger partial charge in [0.2, 0.25) is 0 Å². The first-order valence-corrected chi connectivity index (χ1v) is 7.53. The van der Waals surface area contributed by atoms with E-state index < -0.39 is 0 Å². The zero-order valence-corrected chi connectivity index (χ0v) is 12.6. The lowest BCUT2D eigenvalue weighted by atomic mass is 10.1. The van der Waals surface area contributed by atoms with Crippen LogP contribution >= 0.6 is 23.4 Å². The molecule has 4 heteroatoms. The number of pyridine rings is 1. The fourth-order valence-electron chi connectivity index (χ4n) is 1.74. The molecule has 1 heterocycles. The Labute approximate surface area is 123 Å². The van der Waals surface area contributed by atoms with Crippen molar-refractivity contribution < 1.29 is 0 Å². The molecule has 2 aromatic rings. The van der Waals surface area contributed by atoms with E-state index in [1.165, 1.54) is 10.5 Å². The number of thioether (sulfide) groups is 1. The Bertz CT molecular complexity index is 511. The van der Waals surface area contributed by atoms with Crippen LogP contribution in [0.4, 0.5) is 0 Å². The maximum absolute atomic E-state index is 5.88. The van der Waals surface area contributed by atoms with Gasteiger partial charge in [-0.3, -0.25) is 4.98 Å². The first-order chi connectivity index (χ1) is 9.19. The molecule has 0 saturated heterocycles. The van der Waals surface area contributed by atoms with E-state index in [2.05, 4.69) is 16.4 Å². The molecule has 1 N–H and O–H groups in total. The molecule has 2 rings (SSSR count). The molecule has 0 radical (unpaired) electrons. The molecule has 1 unspecified atom stereocenters. The Morgan fingerprint density at radius 1 is 1.21 bits per heavy atom. The highest BCUT2D eigenvalue weighted by Crippen LogP contribution is 2.25. The Balaban J connectivity index is 1.99. The quantitative estimate of drug-likeness (QED) is 0.840. The third-order valence-corrected chi connectivity index (χ3v) is 4.27. The van der Waals surface area contributed by atoms with Crippen molar-refractivity contribution in [1.82, 2.24) is 10.3 Å². The van der Waals surface area contributed by atoms with Gasteiger partial charge in [-0.05, 0) is 49.9 Å². The summed E-state index contributed by atoms with van der Waals surface area (Å²) >= 11 is 7.69. The molecule has 0 aliphatic rings. The second-order valence-corrected chi connectivity index (χ2v) is 5.87. The molecule has 100 valence electrons. The fourth-order valence-corrected chi connectivity index (χ4v) is 2.91. The van der Waals surface area contributed by atoms with E-state index in [1.54, 1.807) is 0 Å². The van der Waals surface area contributed by atoms with Crippen LogP contribution in [0.15, 0.2) is 47.5 Å². The van der Waals surface area contributed by atoms with Gasteiger partial charge in [0.1, 0.15) is 0 Å². The van der Waals surface area contributed by atoms with E-state index in [-0.39, 0.29) is 0 Å². The lowest BCUT2D eigenvalue weighted by molar-refractivity contribution is 0.658. The van der Waals surface area contributed by atoms with Crippen molar-refractivity contribution in [3.63, 3.8) is 0 Å². The highest BCUT2D eigenvalue weighted by Gasteiger charge is 2.10. The minimum Gasteiger partial charge on any atom is -0.312 e. The molecule has 0 bridgehead atoms. The van der Waals surface area contributed by atoms with E-state index >= 15 is 0 Å². The average molecular weight is 293 g/mol. The van der Waals surface area contributed by atoms with Crippen LogP contribution in [0.1, 0.15) is 17.3 Å². The van der Waals surface area contributed by atoms with Crippen molar-refractivity contribution in [3.05, 3.63) is 58.9 Å². The monoisotopic (exact) mass is 292 g/mol. The number of halogens is 1. The molecule has 0 saturated carbocycles. The zero-order valence-electron chi connectivity index (χ0n) is 11.1. The summed E-state index contributed by atoms with van der Waals surface area (Å²) in [6.45, 7) is 2.00. The van der Waals surface area contributed by atoms with E-state index in [1.807, 2.05) is 62.3 Å². The third-order valence-electron chi connectivity index (χ3n) is 2.92. The van der Waals surface area contributed by atoms with Crippen molar-refractivity contribution in [3.8, 4) is 0 Å². The fraction of sp³-hybridized carbons (Fsp3) is 0.267. The lowest BCUT2D eigenvalue weighted by Gasteiger charge is -2.16. The summed E-state index contributed by atoms with van der Waals surface area (Å²) in [5.74, 6) is 0.961. The van der Waals surface area contributed by atoms with Crippen molar-refractivity contribution >= 4 is 23.4 Å². The van der Waals surface area contributed by atoms with Crippen LogP contribution in [0.3, 0.4) is 0 Å². The summed E-state index contributed by atoms with van der Waals surface area (Å²) in [6, 6.07) is 12.4. The van der Waals surface area contributed by atoms with Crippen molar-refractivity contribution in [1.29, 1.82) is 0 Å². The van der Waals surface area contributed by atoms with Gasteiger partial charge in [0.15, 0.2) is 0 Å². The molecule has 0 aliphatic heterocycles. The molecule has 1 atom stereocenters. The van der Waals surface area contributed by atoms with Gasteiger partial charge in [-0.1, -0.05) is 17.7 Å². The molecule has 19 heavy (non-hydrogen) atoms. The van der Waals surface area contributed by atoms with Crippen molar-refractivity contribution in [2.75, 3.05) is 12.8 Å². The van der Waals surface area contributed by atoms with E-state index in [9.17, 15) is 0 Å². The smallest absolute Gasteiger partial charge is 0.0428 e. The standard InChI is InChI=1S/C15H17ClN2S/c1-11-3-4-12(9-18-11)15(17-2)10-19-14-7-5-13(16)6-8-14/h3-9,15,17H,10H2,1-2H3. The lowest BCUT2D eigenvalue weighted by Crippen LogP contribution is -2.18. The van der Waals surface area contributed by atoms with Crippen LogP contribution in [0.5, 0.6) is 0 Å². The van der Waals surface area contributed by atoms with Gasteiger partial charge in [0.05, 0.1) is 0 Å². The number of hydrogen-bond donors (Lipinski definition) is 1. The first kappa shape index (κ1) is 14.4. The van der Waals surface area contributed by atoms with Crippen LogP contribution in [0.25, 0.3) is 0 Å². The van der Waals surface area contributed by atoms with E-state index in [0.717, 1.165) is 16.5 Å². The Kier molecular flexibility index (Phi) is 5.25. The van der Waals surface area contributed by atoms with E-state index in [4.69, 9.17) is 11.6 Å². The molecule has 0 fully saturated rings. The second-order valence-electron chi connectivity index (χ2n) is 4.34. The predicted octanol–water partition coefficient (Wildman–Crippen LogP) is 4.10. The van der Waals surface area contributed by atoms with Gasteiger partial charge >= 0.3 is 0 Å². The minimum atomic E-state index is 0.300. The average Bonchev–Trinajstić information content (AvgIpc) is 2.43. The molecule has 0 amide bonds. The molecule has 2 nitrogen and oxygen atoms in total. The summed E-state index contributed by atoms with van der Waals surface area (Å²) in [5.41, 5.74) is 2.26. The van der Waals surface area contributed by atoms with Gasteiger partial charge in [-0.2, -0.15) is 0 Å². The van der Waals surface area contributed by atoms with Crippen LogP contribution in [-0.4, -0.2) is 17.8 Å². The summed E-state index contributed by atoms with van der Waals surface area (Å²) in [7, 11) is 1.98. The maximum atomic E-state index is 5.88. The molecule has 0 spiro atoms. The first-order valence-electron chi connectivity index (χ1n) is 6.17. The van der Waals surface area contributed by atoms with Crippen LogP contribution < -0.4 is 5.32 Å². The molecule has 0 aliphatic carbocycles. The van der Waals surface area contributed by atoms with Crippen molar-refractivity contribution in [2.24, 2.45) is 0 Å². The number of rotatable bonds is 5. The topological polar surface area (TPSA) is 24.9 Å². The van der Waals surface area contributed by atoms with Crippen LogP contribution in [0.2, 0.25) is 5.02 Å². The molecule has 1 aromatic heterocycles. The molecule has 1 aromatic carbocycles. The van der Waals surface area contributed by atoms with Crippen LogP contribution in [-0.2, 0) is 0 Å². The van der Waals surface area contributed by atoms with Gasteiger partial charge in [0, 0.05) is 33.6 Å². The zero-order chi connectivity index (χ0) is 13.7. The predicted molar refractivity (Wildman–Crippen MR) is 83.0 cm³/mol. The largest absolute Gasteiger partial charge is 0.312 e. The number of aryl methyl sites for hydroxylation is 1. The van der Waals surface area contributed by atoms with Crippen molar-refractivity contribution in [2.45, 2.75) is 17.9 Å².